The number of hydrogen-bond acceptors (Lipinski definition) is 5. The molecule has 2 aromatic heterocycles. The molecule has 20 heavy (non-hydrogen) atoms. The topological polar surface area (TPSA) is 68.8 Å². The molecule has 3 aromatic rings. The number of hydrogen-bond donors (Lipinski definition) is 1. The molecule has 0 aliphatic heterocycles. The Balaban J connectivity index is 1.58. The predicted octanol–water partition coefficient (Wildman–Crippen LogP) is 1.60. The number of benzene rings is 1. The number of imidazole rings is 1. The van der Waals surface area contributed by atoms with E-state index < -0.39 is 0 Å². The van der Waals surface area contributed by atoms with Crippen LogP contribution < -0.4 is 5.32 Å². The quantitative estimate of drug-likeness (QED) is 0.714. The standard InChI is InChI=1S/C14H17N5O/c1-10-16-14(20-18-10)7-8-15-9-13-17-11-5-3-4-6-12(11)19(13)2/h3-6,15H,7-9H2,1-2H3. The van der Waals surface area contributed by atoms with Crippen LogP contribution in [-0.4, -0.2) is 26.2 Å². The van der Waals surface area contributed by atoms with E-state index in [9.17, 15) is 0 Å². The van der Waals surface area contributed by atoms with Crippen LogP contribution in [0.25, 0.3) is 11.0 Å². The van der Waals surface area contributed by atoms with E-state index in [1.807, 2.05) is 32.2 Å². The molecule has 1 aromatic carbocycles. The van der Waals surface area contributed by atoms with Crippen molar-refractivity contribution in [1.29, 1.82) is 0 Å². The van der Waals surface area contributed by atoms with Crippen LogP contribution in [0.3, 0.4) is 0 Å². The van der Waals surface area contributed by atoms with Gasteiger partial charge in [-0.05, 0) is 19.1 Å². The summed E-state index contributed by atoms with van der Waals surface area (Å²) in [6, 6.07) is 8.14. The number of aryl methyl sites for hydroxylation is 2. The Morgan fingerprint density at radius 2 is 2.10 bits per heavy atom. The molecule has 0 saturated carbocycles. The summed E-state index contributed by atoms with van der Waals surface area (Å²) in [6.45, 7) is 3.32. The number of para-hydroxylation sites is 2. The second-order valence-corrected chi connectivity index (χ2v) is 4.74. The molecule has 0 aliphatic rings. The lowest BCUT2D eigenvalue weighted by atomic mass is 10.3. The molecular formula is C14H17N5O. The van der Waals surface area contributed by atoms with Crippen molar-refractivity contribution in [1.82, 2.24) is 25.0 Å². The van der Waals surface area contributed by atoms with E-state index in [2.05, 4.69) is 31.1 Å². The molecule has 0 saturated heterocycles. The van der Waals surface area contributed by atoms with E-state index >= 15 is 0 Å². The van der Waals surface area contributed by atoms with Crippen LogP contribution >= 0.6 is 0 Å². The molecule has 0 unspecified atom stereocenters. The lowest BCUT2D eigenvalue weighted by Crippen LogP contribution is -2.19. The van der Waals surface area contributed by atoms with Gasteiger partial charge in [0.1, 0.15) is 5.82 Å². The molecule has 3 rings (SSSR count). The van der Waals surface area contributed by atoms with Crippen molar-refractivity contribution in [2.75, 3.05) is 6.54 Å². The van der Waals surface area contributed by atoms with Gasteiger partial charge >= 0.3 is 0 Å². The molecule has 0 spiro atoms. The third-order valence-corrected chi connectivity index (χ3v) is 3.25. The zero-order valence-electron chi connectivity index (χ0n) is 11.6. The summed E-state index contributed by atoms with van der Waals surface area (Å²) in [5.74, 6) is 2.36. The van der Waals surface area contributed by atoms with Gasteiger partial charge in [0.25, 0.3) is 0 Å². The highest BCUT2D eigenvalue weighted by atomic mass is 16.5. The Morgan fingerprint density at radius 1 is 1.25 bits per heavy atom. The minimum absolute atomic E-state index is 0.667. The second kappa shape index (κ2) is 5.42. The van der Waals surface area contributed by atoms with Gasteiger partial charge in [-0.2, -0.15) is 4.98 Å². The third kappa shape index (κ3) is 2.55. The van der Waals surface area contributed by atoms with Crippen LogP contribution in [0, 0.1) is 6.92 Å². The maximum absolute atomic E-state index is 5.07. The highest BCUT2D eigenvalue weighted by Gasteiger charge is 2.07. The van der Waals surface area contributed by atoms with Gasteiger partial charge in [-0.15, -0.1) is 0 Å². The third-order valence-electron chi connectivity index (χ3n) is 3.25. The van der Waals surface area contributed by atoms with Gasteiger partial charge in [0.2, 0.25) is 5.89 Å². The van der Waals surface area contributed by atoms with E-state index in [1.165, 1.54) is 0 Å². The Morgan fingerprint density at radius 3 is 2.85 bits per heavy atom. The largest absolute Gasteiger partial charge is 0.339 e. The van der Waals surface area contributed by atoms with E-state index in [1.54, 1.807) is 0 Å². The fourth-order valence-electron chi connectivity index (χ4n) is 2.19. The van der Waals surface area contributed by atoms with Crippen molar-refractivity contribution in [2.45, 2.75) is 19.9 Å². The van der Waals surface area contributed by atoms with E-state index in [-0.39, 0.29) is 0 Å². The molecular weight excluding hydrogens is 254 g/mol. The van der Waals surface area contributed by atoms with Crippen molar-refractivity contribution in [3.63, 3.8) is 0 Å². The lowest BCUT2D eigenvalue weighted by Gasteiger charge is -2.03. The molecule has 0 radical (unpaired) electrons. The number of aromatic nitrogens is 4. The average molecular weight is 271 g/mol. The SMILES string of the molecule is Cc1noc(CCNCc2nc3ccccc3n2C)n1. The first-order valence-electron chi connectivity index (χ1n) is 6.64. The number of fused-ring (bicyclic) bond motifs is 1. The minimum Gasteiger partial charge on any atom is -0.339 e. The van der Waals surface area contributed by atoms with Crippen molar-refractivity contribution in [3.05, 3.63) is 41.8 Å². The van der Waals surface area contributed by atoms with Gasteiger partial charge in [-0.25, -0.2) is 4.98 Å². The van der Waals surface area contributed by atoms with E-state index in [4.69, 9.17) is 4.52 Å². The van der Waals surface area contributed by atoms with Gasteiger partial charge in [0.15, 0.2) is 5.82 Å². The lowest BCUT2D eigenvalue weighted by molar-refractivity contribution is 0.372. The molecule has 2 heterocycles. The number of rotatable bonds is 5. The monoisotopic (exact) mass is 271 g/mol. The molecule has 104 valence electrons. The summed E-state index contributed by atoms with van der Waals surface area (Å²) < 4.78 is 7.18. The molecule has 6 nitrogen and oxygen atoms in total. The summed E-state index contributed by atoms with van der Waals surface area (Å²) in [4.78, 5) is 8.78. The molecule has 0 fully saturated rings. The highest BCUT2D eigenvalue weighted by molar-refractivity contribution is 5.75. The van der Waals surface area contributed by atoms with Gasteiger partial charge in [0, 0.05) is 20.0 Å². The Hall–Kier alpha value is -2.21. The van der Waals surface area contributed by atoms with E-state index in [0.29, 0.717) is 11.7 Å². The predicted molar refractivity (Wildman–Crippen MR) is 75.2 cm³/mol. The van der Waals surface area contributed by atoms with Crippen molar-refractivity contribution in [3.8, 4) is 0 Å². The summed E-state index contributed by atoms with van der Waals surface area (Å²) in [5.41, 5.74) is 2.18. The summed E-state index contributed by atoms with van der Waals surface area (Å²) in [6.07, 6.45) is 0.727. The first-order chi connectivity index (χ1) is 9.74. The van der Waals surface area contributed by atoms with Crippen LogP contribution in [0.2, 0.25) is 0 Å². The van der Waals surface area contributed by atoms with Crippen LogP contribution in [0.1, 0.15) is 17.5 Å². The van der Waals surface area contributed by atoms with Crippen LogP contribution in [0.5, 0.6) is 0 Å². The first kappa shape index (κ1) is 12.8. The van der Waals surface area contributed by atoms with Gasteiger partial charge < -0.3 is 14.4 Å². The second-order valence-electron chi connectivity index (χ2n) is 4.74. The van der Waals surface area contributed by atoms with Crippen molar-refractivity contribution >= 4 is 11.0 Å². The normalized spacial score (nSPS) is 11.3. The van der Waals surface area contributed by atoms with Crippen LogP contribution in [0.15, 0.2) is 28.8 Å². The summed E-state index contributed by atoms with van der Waals surface area (Å²) >= 11 is 0. The number of nitrogens with zero attached hydrogens (tertiary/aromatic N) is 4. The smallest absolute Gasteiger partial charge is 0.227 e. The Labute approximate surface area is 116 Å². The van der Waals surface area contributed by atoms with Crippen LogP contribution in [0.4, 0.5) is 0 Å². The van der Waals surface area contributed by atoms with E-state index in [0.717, 1.165) is 36.4 Å². The molecule has 6 heteroatoms. The average Bonchev–Trinajstić information content (AvgIpc) is 3.00. The van der Waals surface area contributed by atoms with Crippen molar-refractivity contribution < 1.29 is 4.52 Å². The van der Waals surface area contributed by atoms with Crippen LogP contribution in [-0.2, 0) is 20.0 Å². The number of nitrogens with one attached hydrogen (secondary N) is 1. The highest BCUT2D eigenvalue weighted by Crippen LogP contribution is 2.13. The molecule has 0 bridgehead atoms. The molecule has 1 N–H and O–H groups in total. The fraction of sp³-hybridized carbons (Fsp3) is 0.357. The van der Waals surface area contributed by atoms with Gasteiger partial charge in [0.05, 0.1) is 17.6 Å². The molecule has 0 atom stereocenters. The molecule has 0 amide bonds. The first-order valence-corrected chi connectivity index (χ1v) is 6.64. The zero-order valence-corrected chi connectivity index (χ0v) is 11.6. The van der Waals surface area contributed by atoms with Gasteiger partial charge in [-0.3, -0.25) is 0 Å². The maximum Gasteiger partial charge on any atom is 0.227 e. The molecule has 0 aliphatic carbocycles. The zero-order chi connectivity index (χ0) is 13.9. The van der Waals surface area contributed by atoms with Crippen molar-refractivity contribution in [2.24, 2.45) is 7.05 Å². The summed E-state index contributed by atoms with van der Waals surface area (Å²) in [5, 5.41) is 7.12. The van der Waals surface area contributed by atoms with Gasteiger partial charge in [-0.1, -0.05) is 17.3 Å². The minimum atomic E-state index is 0.667. The fourth-order valence-corrected chi connectivity index (χ4v) is 2.19. The Bertz CT molecular complexity index is 715. The Kier molecular flexibility index (Phi) is 3.47. The maximum atomic E-state index is 5.07. The summed E-state index contributed by atoms with van der Waals surface area (Å²) in [7, 11) is 2.04.